The van der Waals surface area contributed by atoms with Crippen LogP contribution in [0.1, 0.15) is 109 Å². The van der Waals surface area contributed by atoms with Crippen LogP contribution in [0.15, 0.2) is 54.7 Å². The van der Waals surface area contributed by atoms with Gasteiger partial charge in [0.05, 0.1) is 0 Å². The van der Waals surface area contributed by atoms with Crippen molar-refractivity contribution in [3.05, 3.63) is 60.8 Å². The van der Waals surface area contributed by atoms with Crippen LogP contribution in [0.25, 0.3) is 0 Å². The molecule has 0 aromatic heterocycles. The van der Waals surface area contributed by atoms with Gasteiger partial charge in [0.1, 0.15) is 0 Å². The smallest absolute Gasteiger partial charge is 0.0276 e. The van der Waals surface area contributed by atoms with Crippen molar-refractivity contribution in [3.63, 3.8) is 0 Å². The van der Waals surface area contributed by atoms with Crippen molar-refractivity contribution >= 4 is 0 Å². The summed E-state index contributed by atoms with van der Waals surface area (Å²) >= 11 is 0. The van der Waals surface area contributed by atoms with Crippen LogP contribution < -0.4 is 0 Å². The van der Waals surface area contributed by atoms with E-state index in [0.29, 0.717) is 0 Å². The molecule has 0 fully saturated rings. The van der Waals surface area contributed by atoms with E-state index in [1.54, 1.807) is 0 Å². The summed E-state index contributed by atoms with van der Waals surface area (Å²) in [5.74, 6) is 0. The highest BCUT2D eigenvalue weighted by Crippen LogP contribution is 2.14. The maximum absolute atomic E-state index is 3.38. The normalized spacial score (nSPS) is 27.0. The number of hydrogen-bond donors (Lipinski definition) is 0. The van der Waals surface area contributed by atoms with Gasteiger partial charge in [-0.05, 0) is 31.8 Å². The molecule has 0 N–H and O–H groups in total. The van der Waals surface area contributed by atoms with Crippen molar-refractivity contribution in [2.45, 2.75) is 109 Å². The van der Waals surface area contributed by atoms with Gasteiger partial charge >= 0.3 is 0 Å². The predicted octanol–water partition coefficient (Wildman–Crippen LogP) is 9.22. The first kappa shape index (κ1) is 23.7. The zero-order valence-corrected chi connectivity index (χ0v) is 17.7. The van der Waals surface area contributed by atoms with E-state index in [-0.39, 0.29) is 0 Å². The van der Waals surface area contributed by atoms with E-state index in [9.17, 15) is 0 Å². The molecule has 0 saturated heterocycles. The first-order valence-electron chi connectivity index (χ1n) is 11.7. The largest absolute Gasteiger partial charge is 0.0845 e. The summed E-state index contributed by atoms with van der Waals surface area (Å²) in [4.78, 5) is 0. The Morgan fingerprint density at radius 2 is 0.778 bits per heavy atom. The van der Waals surface area contributed by atoms with E-state index in [4.69, 9.17) is 0 Å². The predicted molar refractivity (Wildman–Crippen MR) is 123 cm³/mol. The SMILES string of the molecule is [C]1=C/C=C/C=C/C=C/C=C\CCCCCCCCCCCCCCCCC/1. The van der Waals surface area contributed by atoms with Gasteiger partial charge in [0.15, 0.2) is 0 Å². The average Bonchev–Trinajstić information content (AvgIpc) is 2.68. The van der Waals surface area contributed by atoms with Crippen LogP contribution in [0.2, 0.25) is 0 Å². The van der Waals surface area contributed by atoms with E-state index < -0.39 is 0 Å². The molecule has 0 unspecified atom stereocenters. The molecule has 0 heterocycles. The van der Waals surface area contributed by atoms with Crippen LogP contribution >= 0.6 is 0 Å². The maximum atomic E-state index is 3.38. The van der Waals surface area contributed by atoms with Crippen molar-refractivity contribution in [1.82, 2.24) is 0 Å². The van der Waals surface area contributed by atoms with Gasteiger partial charge in [-0.1, -0.05) is 138 Å². The summed E-state index contributed by atoms with van der Waals surface area (Å²) in [6, 6.07) is 0. The van der Waals surface area contributed by atoms with Crippen molar-refractivity contribution < 1.29 is 0 Å². The second-order valence-corrected chi connectivity index (χ2v) is 7.80. The van der Waals surface area contributed by atoms with E-state index >= 15 is 0 Å². The molecule has 0 aromatic rings. The monoisotopic (exact) mass is 367 g/mol. The molecule has 1 radical (unpaired) electrons. The van der Waals surface area contributed by atoms with Crippen LogP contribution in [0, 0.1) is 6.08 Å². The van der Waals surface area contributed by atoms with E-state index in [1.807, 2.05) is 0 Å². The summed E-state index contributed by atoms with van der Waals surface area (Å²) in [6.07, 6.45) is 46.0. The standard InChI is InChI=1S/C27H43/c1-2-4-6-8-10-12-14-16-18-20-22-24-26-27-25-23-21-19-17-15-13-11-9-7-5-3-1/h1-9H,10,12-27H2/b3-1+,4-2+,7-5+,8-6-,11-9?. The molecule has 0 atom stereocenters. The molecule has 1 rings (SSSR count). The maximum Gasteiger partial charge on any atom is -0.0276 e. The summed E-state index contributed by atoms with van der Waals surface area (Å²) in [5.41, 5.74) is 0. The molecule has 0 bridgehead atoms. The van der Waals surface area contributed by atoms with Crippen LogP contribution in [-0.2, 0) is 0 Å². The molecular weight excluding hydrogens is 324 g/mol. The number of allylic oxidation sites excluding steroid dienone is 10. The lowest BCUT2D eigenvalue weighted by atomic mass is 10.0. The second-order valence-electron chi connectivity index (χ2n) is 7.80. The lowest BCUT2D eigenvalue weighted by molar-refractivity contribution is 0.531. The molecule has 0 saturated carbocycles. The molecule has 1 aliphatic carbocycles. The van der Waals surface area contributed by atoms with Crippen molar-refractivity contribution in [2.75, 3.05) is 0 Å². The number of rotatable bonds is 0. The molecule has 0 heteroatoms. The molecule has 0 spiro atoms. The van der Waals surface area contributed by atoms with Gasteiger partial charge in [0, 0.05) is 0 Å². The lowest BCUT2D eigenvalue weighted by Gasteiger charge is -2.03. The minimum Gasteiger partial charge on any atom is -0.0845 e. The highest BCUT2D eigenvalue weighted by atomic mass is 14.0. The summed E-state index contributed by atoms with van der Waals surface area (Å²) in [5, 5.41) is 0. The quantitative estimate of drug-likeness (QED) is 0.400. The Balaban J connectivity index is 2.22. The van der Waals surface area contributed by atoms with E-state index in [1.165, 1.54) is 103 Å². The number of hydrogen-bond acceptors (Lipinski definition) is 0. The molecular formula is C27H43. The third-order valence-electron chi connectivity index (χ3n) is 5.21. The van der Waals surface area contributed by atoms with Crippen LogP contribution in [0.3, 0.4) is 0 Å². The van der Waals surface area contributed by atoms with Crippen LogP contribution in [-0.4, -0.2) is 0 Å². The van der Waals surface area contributed by atoms with Crippen LogP contribution in [0.4, 0.5) is 0 Å². The van der Waals surface area contributed by atoms with Gasteiger partial charge in [0.25, 0.3) is 0 Å². The van der Waals surface area contributed by atoms with Gasteiger partial charge in [-0.3, -0.25) is 0 Å². The Morgan fingerprint density at radius 3 is 1.33 bits per heavy atom. The Bertz CT molecular complexity index is 393. The molecule has 1 aliphatic rings. The minimum atomic E-state index is 1.10. The zero-order chi connectivity index (χ0) is 19.1. The third-order valence-corrected chi connectivity index (χ3v) is 5.21. The molecule has 27 heavy (non-hydrogen) atoms. The highest BCUT2D eigenvalue weighted by molar-refractivity contribution is 5.17. The fourth-order valence-corrected chi connectivity index (χ4v) is 3.49. The summed E-state index contributed by atoms with van der Waals surface area (Å²) in [6.45, 7) is 0. The fraction of sp³-hybridized carbons (Fsp3) is 0.630. The third kappa shape index (κ3) is 19.3. The Labute approximate surface area is 170 Å². The Morgan fingerprint density at radius 1 is 0.370 bits per heavy atom. The second kappa shape index (κ2) is 21.0. The van der Waals surface area contributed by atoms with Gasteiger partial charge in [0.2, 0.25) is 0 Å². The topological polar surface area (TPSA) is 0 Å². The average molecular weight is 368 g/mol. The van der Waals surface area contributed by atoms with E-state index in [0.717, 1.165) is 6.42 Å². The fourth-order valence-electron chi connectivity index (χ4n) is 3.49. The summed E-state index contributed by atoms with van der Waals surface area (Å²) in [7, 11) is 0. The van der Waals surface area contributed by atoms with Crippen LogP contribution in [0.5, 0.6) is 0 Å². The van der Waals surface area contributed by atoms with Gasteiger partial charge in [-0.15, -0.1) is 0 Å². The molecule has 0 aromatic carbocycles. The molecule has 151 valence electrons. The first-order valence-corrected chi connectivity index (χ1v) is 11.7. The van der Waals surface area contributed by atoms with Gasteiger partial charge in [-0.25, -0.2) is 0 Å². The zero-order valence-electron chi connectivity index (χ0n) is 17.7. The highest BCUT2D eigenvalue weighted by Gasteiger charge is 1.94. The lowest BCUT2D eigenvalue weighted by Crippen LogP contribution is -1.83. The van der Waals surface area contributed by atoms with Gasteiger partial charge in [-0.2, -0.15) is 0 Å². The van der Waals surface area contributed by atoms with Crippen molar-refractivity contribution in [1.29, 1.82) is 0 Å². The Hall–Kier alpha value is -1.30. The minimum absolute atomic E-state index is 1.10. The molecule has 0 nitrogen and oxygen atoms in total. The molecule has 0 amide bonds. The van der Waals surface area contributed by atoms with Crippen molar-refractivity contribution in [3.8, 4) is 0 Å². The summed E-state index contributed by atoms with van der Waals surface area (Å²) < 4.78 is 0. The Kier molecular flexibility index (Phi) is 18.5. The first-order chi connectivity index (χ1) is 13.5. The van der Waals surface area contributed by atoms with E-state index in [2.05, 4.69) is 60.8 Å². The molecule has 0 aliphatic heterocycles. The van der Waals surface area contributed by atoms with Crippen molar-refractivity contribution in [2.24, 2.45) is 0 Å². The van der Waals surface area contributed by atoms with Gasteiger partial charge < -0.3 is 0 Å².